The Morgan fingerprint density at radius 1 is 1.38 bits per heavy atom. The van der Waals surface area contributed by atoms with Gasteiger partial charge in [-0.05, 0) is 0 Å². The molecule has 0 fully saturated rings. The summed E-state index contributed by atoms with van der Waals surface area (Å²) in [6, 6.07) is 0. The molecule has 0 aromatic carbocycles. The molecule has 11 heteroatoms. The molecule has 0 saturated heterocycles. The second-order valence-electron chi connectivity index (χ2n) is 1.16. The zero-order valence-electron chi connectivity index (χ0n) is 10.8. The van der Waals surface area contributed by atoms with E-state index in [1.807, 2.05) is 0 Å². The van der Waals surface area contributed by atoms with Gasteiger partial charge in [-0.25, -0.2) is 4.57 Å². The minimum Gasteiger partial charge on any atom is -1.00 e. The number of carbonyl (C=O) groups excluding carboxylic acids is 1. The number of rotatable bonds is 2. The number of hydrogen-bond donors (Lipinski definition) is 3. The Labute approximate surface area is 214 Å². The fraction of sp³-hybridized carbons (Fsp3) is 0.500. The maximum atomic E-state index is 9.99. The normalized spacial score (nSPS) is 7.62. The third kappa shape index (κ3) is 26.4. The predicted molar refractivity (Wildman–Crippen MR) is 37.8 cm³/mol. The molecule has 0 unspecified atom stereocenters. The Bertz CT molecular complexity index is 175. The van der Waals surface area contributed by atoms with Crippen LogP contribution in [-0.2, 0) is 13.9 Å². The standard InChI is InChI=1S/C2H6NO5P.ClH.3K.3H/c3-1-2(4)8-9(5,6)7;;;;;;;/h1,3H2,(H2,5,6,7);1H;;;;;;/q;;3*+1;3*-1. The summed E-state index contributed by atoms with van der Waals surface area (Å²) in [5.74, 6) is -1.12. The summed E-state index contributed by atoms with van der Waals surface area (Å²) in [6.07, 6.45) is 0. The summed E-state index contributed by atoms with van der Waals surface area (Å²) in [7, 11) is -4.67. The molecule has 0 aromatic rings. The average Bonchev–Trinajstić information content (AvgIpc) is 1.62. The first-order valence-electron chi connectivity index (χ1n) is 1.94. The molecule has 68 valence electrons. The molecule has 0 heterocycles. The monoisotopic (exact) mass is 311 g/mol. The van der Waals surface area contributed by atoms with Gasteiger partial charge in [0.1, 0.15) is 0 Å². The van der Waals surface area contributed by atoms with Crippen molar-refractivity contribution in [1.82, 2.24) is 0 Å². The van der Waals surface area contributed by atoms with Crippen molar-refractivity contribution in [2.24, 2.45) is 5.73 Å². The summed E-state index contributed by atoms with van der Waals surface area (Å²) >= 11 is 0. The zero-order chi connectivity index (χ0) is 7.49. The van der Waals surface area contributed by atoms with Crippen LogP contribution in [0.25, 0.3) is 0 Å². The fourth-order valence-electron chi connectivity index (χ4n) is 0.170. The first-order chi connectivity index (χ1) is 3.95. The third-order valence-electron chi connectivity index (χ3n) is 0.387. The van der Waals surface area contributed by atoms with Crippen LogP contribution in [0.2, 0.25) is 0 Å². The molecule has 0 rings (SSSR count). The van der Waals surface area contributed by atoms with E-state index in [0.717, 1.165) is 0 Å². The molecule has 0 aliphatic carbocycles. The average molecular weight is 312 g/mol. The molecule has 0 radical (unpaired) electrons. The van der Waals surface area contributed by atoms with E-state index in [2.05, 4.69) is 10.3 Å². The molecule has 0 aliphatic heterocycles. The number of phosphoric acid groups is 1. The number of hydrogen-bond acceptors (Lipinski definition) is 4. The molecule has 13 heavy (non-hydrogen) atoms. The Balaban J connectivity index is -0.0000000152. The topological polar surface area (TPSA) is 110 Å². The summed E-state index contributed by atoms with van der Waals surface area (Å²) in [4.78, 5) is 25.9. The van der Waals surface area contributed by atoms with E-state index in [0.29, 0.717) is 0 Å². The first kappa shape index (κ1) is 30.7. The molecule has 0 spiro atoms. The number of phosphoric ester groups is 1. The second kappa shape index (κ2) is 16.8. The van der Waals surface area contributed by atoms with Crippen LogP contribution in [0.4, 0.5) is 0 Å². The van der Waals surface area contributed by atoms with Gasteiger partial charge in [0.2, 0.25) is 0 Å². The van der Waals surface area contributed by atoms with Crippen molar-refractivity contribution in [3.63, 3.8) is 0 Å². The van der Waals surface area contributed by atoms with Crippen molar-refractivity contribution in [2.45, 2.75) is 0 Å². The molecule has 0 amide bonds. The van der Waals surface area contributed by atoms with E-state index in [9.17, 15) is 9.36 Å². The van der Waals surface area contributed by atoms with Crippen LogP contribution < -0.4 is 160 Å². The SMILES string of the molecule is Cl.NCC(=O)OP(=O)(O)O.[H-].[H-].[H-].[K+].[K+].[K+]. The van der Waals surface area contributed by atoms with Gasteiger partial charge in [0, 0.05) is 0 Å². The molecule has 0 aliphatic rings. The quantitative estimate of drug-likeness (QED) is 0.345. The van der Waals surface area contributed by atoms with Crippen LogP contribution >= 0.6 is 20.2 Å². The van der Waals surface area contributed by atoms with Crippen molar-refractivity contribution >= 4 is 26.2 Å². The van der Waals surface area contributed by atoms with Crippen molar-refractivity contribution in [3.8, 4) is 0 Å². The van der Waals surface area contributed by atoms with Crippen molar-refractivity contribution in [2.75, 3.05) is 6.54 Å². The van der Waals surface area contributed by atoms with Crippen LogP contribution in [0.15, 0.2) is 0 Å². The van der Waals surface area contributed by atoms with Crippen molar-refractivity contribution < 1.29 is 182 Å². The molecule has 0 atom stereocenters. The van der Waals surface area contributed by atoms with Crippen LogP contribution in [0.3, 0.4) is 0 Å². The molecule has 0 bridgehead atoms. The van der Waals surface area contributed by atoms with Crippen LogP contribution in [0, 0.1) is 0 Å². The molecular weight excluding hydrogens is 302 g/mol. The van der Waals surface area contributed by atoms with Crippen molar-refractivity contribution in [3.05, 3.63) is 0 Å². The fourth-order valence-corrected chi connectivity index (χ4v) is 0.510. The van der Waals surface area contributed by atoms with E-state index in [1.54, 1.807) is 0 Å². The Morgan fingerprint density at radius 2 is 1.69 bits per heavy atom. The van der Waals surface area contributed by atoms with Gasteiger partial charge < -0.3 is 14.5 Å². The Kier molecular flexibility index (Phi) is 39.6. The maximum absolute atomic E-state index is 9.99. The van der Waals surface area contributed by atoms with E-state index in [4.69, 9.17) is 9.79 Å². The van der Waals surface area contributed by atoms with Gasteiger partial charge in [0.15, 0.2) is 0 Å². The van der Waals surface area contributed by atoms with Crippen LogP contribution in [-0.4, -0.2) is 22.3 Å². The van der Waals surface area contributed by atoms with E-state index < -0.39 is 20.3 Å². The van der Waals surface area contributed by atoms with Gasteiger partial charge in [-0.3, -0.25) is 14.6 Å². The van der Waals surface area contributed by atoms with E-state index in [-0.39, 0.29) is 171 Å². The Hall–Kier alpha value is 4.78. The van der Waals surface area contributed by atoms with Gasteiger partial charge in [-0.1, -0.05) is 0 Å². The number of nitrogens with two attached hydrogens (primary N) is 1. The third-order valence-corrected chi connectivity index (χ3v) is 0.829. The Morgan fingerprint density at radius 3 is 1.77 bits per heavy atom. The minimum absolute atomic E-state index is 0. The number of halogens is 1. The van der Waals surface area contributed by atoms with E-state index >= 15 is 0 Å². The summed E-state index contributed by atoms with van der Waals surface area (Å²) in [5, 5.41) is 0. The van der Waals surface area contributed by atoms with Gasteiger partial charge in [-0.15, -0.1) is 12.4 Å². The molecule has 0 saturated carbocycles. The molecule has 6 nitrogen and oxygen atoms in total. The van der Waals surface area contributed by atoms with Crippen LogP contribution in [0.1, 0.15) is 4.28 Å². The van der Waals surface area contributed by atoms with Gasteiger partial charge in [0.25, 0.3) is 0 Å². The van der Waals surface area contributed by atoms with E-state index in [1.165, 1.54) is 0 Å². The molecule has 0 aromatic heterocycles. The second-order valence-corrected chi connectivity index (χ2v) is 2.32. The summed E-state index contributed by atoms with van der Waals surface area (Å²) < 4.78 is 13.3. The van der Waals surface area contributed by atoms with Crippen molar-refractivity contribution in [1.29, 1.82) is 0 Å². The van der Waals surface area contributed by atoms with Gasteiger partial charge in [-0.2, -0.15) is 0 Å². The summed E-state index contributed by atoms with van der Waals surface area (Å²) in [6.45, 7) is -0.537. The predicted octanol–water partition coefficient (Wildman–Crippen LogP) is -9.65. The number of carbonyl (C=O) groups is 1. The minimum atomic E-state index is -4.67. The summed E-state index contributed by atoms with van der Waals surface area (Å²) in [5.41, 5.74) is 4.66. The van der Waals surface area contributed by atoms with Crippen LogP contribution in [0.5, 0.6) is 0 Å². The van der Waals surface area contributed by atoms with Gasteiger partial charge in [0.05, 0.1) is 6.54 Å². The largest absolute Gasteiger partial charge is 1.00 e. The maximum Gasteiger partial charge on any atom is 1.00 e. The smallest absolute Gasteiger partial charge is 1.00 e. The van der Waals surface area contributed by atoms with Gasteiger partial charge >= 0.3 is 168 Å². The zero-order valence-corrected chi connectivity index (χ0v) is 18.8. The molecule has 4 N–H and O–H groups in total. The first-order valence-corrected chi connectivity index (χ1v) is 3.47. The molecular formula is C2H10ClK3NO5P.